The summed E-state index contributed by atoms with van der Waals surface area (Å²) < 4.78 is 10.3. The number of nitrogens with zero attached hydrogens (tertiary/aromatic N) is 1. The minimum atomic E-state index is -0.974. The van der Waals surface area contributed by atoms with E-state index in [0.717, 1.165) is 22.7 Å². The molecule has 2 aromatic rings. The number of methoxy groups -OCH3 is 1. The van der Waals surface area contributed by atoms with Crippen molar-refractivity contribution >= 4 is 17.3 Å². The van der Waals surface area contributed by atoms with Crippen molar-refractivity contribution < 1.29 is 19.4 Å². The first-order valence-corrected chi connectivity index (χ1v) is 7.02. The molecule has 0 unspecified atom stereocenters. The Morgan fingerprint density at radius 3 is 3.00 bits per heavy atom. The van der Waals surface area contributed by atoms with Gasteiger partial charge in [0.15, 0.2) is 0 Å². The summed E-state index contributed by atoms with van der Waals surface area (Å²) in [6.45, 7) is 1.77. The average Bonchev–Trinajstić information content (AvgIpc) is 3.07. The Morgan fingerprint density at radius 2 is 2.30 bits per heavy atom. The van der Waals surface area contributed by atoms with E-state index < -0.39 is 5.97 Å². The third-order valence-electron chi connectivity index (χ3n) is 2.65. The first-order chi connectivity index (χ1) is 9.70. The lowest BCUT2D eigenvalue weighted by Crippen LogP contribution is -2.04. The van der Waals surface area contributed by atoms with E-state index in [2.05, 4.69) is 9.97 Å². The van der Waals surface area contributed by atoms with Crippen molar-refractivity contribution in [1.82, 2.24) is 9.97 Å². The number of carboxylic acids is 1. The molecule has 20 heavy (non-hydrogen) atoms. The van der Waals surface area contributed by atoms with Gasteiger partial charge in [-0.15, -0.1) is 11.3 Å². The molecule has 2 rings (SSSR count). The first-order valence-electron chi connectivity index (χ1n) is 6.14. The van der Waals surface area contributed by atoms with E-state index in [0.29, 0.717) is 19.8 Å². The number of carbonyl (C=O) groups is 1. The average molecular weight is 296 g/mol. The predicted molar refractivity (Wildman–Crippen MR) is 75.3 cm³/mol. The van der Waals surface area contributed by atoms with Crippen molar-refractivity contribution in [3.05, 3.63) is 28.3 Å². The van der Waals surface area contributed by atoms with Crippen LogP contribution < -0.4 is 0 Å². The number of aromatic nitrogens is 2. The second-order valence-electron chi connectivity index (χ2n) is 4.09. The van der Waals surface area contributed by atoms with Crippen molar-refractivity contribution in [2.75, 3.05) is 26.9 Å². The maximum absolute atomic E-state index is 10.8. The highest BCUT2D eigenvalue weighted by atomic mass is 32.1. The number of hydrogen-bond donors (Lipinski definition) is 2. The lowest BCUT2D eigenvalue weighted by atomic mass is 10.2. The van der Waals surface area contributed by atoms with Gasteiger partial charge in [-0.1, -0.05) is 0 Å². The molecule has 108 valence electrons. The number of thiazole rings is 1. The minimum Gasteiger partial charge on any atom is -0.477 e. The van der Waals surface area contributed by atoms with Crippen molar-refractivity contribution in [1.29, 1.82) is 0 Å². The minimum absolute atomic E-state index is 0.164. The van der Waals surface area contributed by atoms with Crippen LogP contribution in [0.1, 0.15) is 15.5 Å². The second kappa shape index (κ2) is 7.18. The number of aromatic carboxylic acids is 1. The Kier molecular flexibility index (Phi) is 5.28. The van der Waals surface area contributed by atoms with E-state index in [1.54, 1.807) is 30.7 Å². The summed E-state index contributed by atoms with van der Waals surface area (Å²) in [6.07, 6.45) is 2.39. The van der Waals surface area contributed by atoms with Gasteiger partial charge in [-0.3, -0.25) is 0 Å². The zero-order valence-corrected chi connectivity index (χ0v) is 11.9. The summed E-state index contributed by atoms with van der Waals surface area (Å²) in [6, 6.07) is 1.58. The third-order valence-corrected chi connectivity index (χ3v) is 3.56. The monoisotopic (exact) mass is 296 g/mol. The van der Waals surface area contributed by atoms with Crippen LogP contribution in [0, 0.1) is 0 Å². The van der Waals surface area contributed by atoms with E-state index >= 15 is 0 Å². The van der Waals surface area contributed by atoms with Crippen LogP contribution in [0.4, 0.5) is 0 Å². The number of carboxylic acid groups (broad SMARTS) is 1. The second-order valence-corrected chi connectivity index (χ2v) is 5.03. The fourth-order valence-electron chi connectivity index (χ4n) is 1.63. The summed E-state index contributed by atoms with van der Waals surface area (Å²) in [7, 11) is 1.64. The van der Waals surface area contributed by atoms with Crippen LogP contribution in [0.15, 0.2) is 17.6 Å². The molecule has 0 saturated carbocycles. The van der Waals surface area contributed by atoms with Crippen LogP contribution in [0.2, 0.25) is 0 Å². The Labute approximate surface area is 120 Å². The van der Waals surface area contributed by atoms with Gasteiger partial charge >= 0.3 is 5.97 Å². The highest BCUT2D eigenvalue weighted by Crippen LogP contribution is 2.23. The van der Waals surface area contributed by atoms with Gasteiger partial charge in [0.05, 0.1) is 30.5 Å². The molecule has 0 amide bonds. The molecule has 0 radical (unpaired) electrons. The fourth-order valence-corrected chi connectivity index (χ4v) is 2.42. The van der Waals surface area contributed by atoms with Gasteiger partial charge in [0.1, 0.15) is 5.69 Å². The van der Waals surface area contributed by atoms with Gasteiger partial charge < -0.3 is 19.6 Å². The van der Waals surface area contributed by atoms with E-state index in [-0.39, 0.29) is 5.69 Å². The number of hydrogen-bond acceptors (Lipinski definition) is 5. The molecule has 7 heteroatoms. The van der Waals surface area contributed by atoms with Crippen LogP contribution in [0.25, 0.3) is 11.3 Å². The Hall–Kier alpha value is -1.70. The number of aromatic amines is 1. The summed E-state index contributed by atoms with van der Waals surface area (Å²) in [5, 5.41) is 11.7. The molecule has 2 N–H and O–H groups in total. The standard InChI is InChI=1S/C13H16N2O4S/c1-18-4-5-19-3-2-12-15-11(8-20-12)9-6-10(13(16)17)14-7-9/h6-8,14H,2-5H2,1H3,(H,16,17). The SMILES string of the molecule is COCCOCCc1nc(-c2c[nH]c(C(=O)O)c2)cs1. The molecular formula is C13H16N2O4S. The van der Waals surface area contributed by atoms with Crippen LogP contribution >= 0.6 is 11.3 Å². The van der Waals surface area contributed by atoms with Crippen molar-refractivity contribution in [2.45, 2.75) is 6.42 Å². The summed E-state index contributed by atoms with van der Waals surface area (Å²) in [5.74, 6) is -0.974. The predicted octanol–water partition coefficient (Wildman–Crippen LogP) is 2.04. The largest absolute Gasteiger partial charge is 0.477 e. The topological polar surface area (TPSA) is 84.4 Å². The lowest BCUT2D eigenvalue weighted by Gasteiger charge is -2.00. The summed E-state index contributed by atoms with van der Waals surface area (Å²) in [4.78, 5) is 18.0. The number of H-pyrrole nitrogens is 1. The Morgan fingerprint density at radius 1 is 1.45 bits per heavy atom. The van der Waals surface area contributed by atoms with Gasteiger partial charge in [0.2, 0.25) is 0 Å². The van der Waals surface area contributed by atoms with Crippen molar-refractivity contribution in [3.63, 3.8) is 0 Å². The molecule has 0 aliphatic rings. The molecule has 0 aliphatic carbocycles. The smallest absolute Gasteiger partial charge is 0.352 e. The molecule has 0 aromatic carbocycles. The van der Waals surface area contributed by atoms with E-state index in [1.807, 2.05) is 5.38 Å². The van der Waals surface area contributed by atoms with Gasteiger partial charge in [0, 0.05) is 30.7 Å². The van der Waals surface area contributed by atoms with Crippen LogP contribution in [0.5, 0.6) is 0 Å². The first kappa shape index (κ1) is 14.7. The highest BCUT2D eigenvalue weighted by molar-refractivity contribution is 7.09. The molecule has 0 bridgehead atoms. The maximum atomic E-state index is 10.8. The van der Waals surface area contributed by atoms with Crippen LogP contribution in [-0.4, -0.2) is 48.0 Å². The van der Waals surface area contributed by atoms with Crippen LogP contribution in [-0.2, 0) is 15.9 Å². The molecule has 2 aromatic heterocycles. The van der Waals surface area contributed by atoms with E-state index in [1.165, 1.54) is 0 Å². The number of ether oxygens (including phenoxy) is 2. The van der Waals surface area contributed by atoms with Gasteiger partial charge in [-0.05, 0) is 6.07 Å². The molecule has 2 heterocycles. The quantitative estimate of drug-likeness (QED) is 0.728. The molecule has 0 atom stereocenters. The van der Waals surface area contributed by atoms with Crippen molar-refractivity contribution in [3.8, 4) is 11.3 Å². The third kappa shape index (κ3) is 3.89. The number of rotatable bonds is 8. The van der Waals surface area contributed by atoms with Gasteiger partial charge in [-0.25, -0.2) is 9.78 Å². The zero-order valence-electron chi connectivity index (χ0n) is 11.1. The molecule has 0 spiro atoms. The van der Waals surface area contributed by atoms with Crippen LogP contribution in [0.3, 0.4) is 0 Å². The highest BCUT2D eigenvalue weighted by Gasteiger charge is 2.10. The lowest BCUT2D eigenvalue weighted by molar-refractivity contribution is 0.0691. The Balaban J connectivity index is 1.89. The van der Waals surface area contributed by atoms with E-state index in [4.69, 9.17) is 14.6 Å². The summed E-state index contributed by atoms with van der Waals surface area (Å²) in [5.41, 5.74) is 1.73. The molecule has 0 saturated heterocycles. The normalized spacial score (nSPS) is 10.8. The zero-order chi connectivity index (χ0) is 14.4. The molecule has 6 nitrogen and oxygen atoms in total. The van der Waals surface area contributed by atoms with Crippen molar-refractivity contribution in [2.24, 2.45) is 0 Å². The summed E-state index contributed by atoms with van der Waals surface area (Å²) >= 11 is 1.54. The fraction of sp³-hybridized carbons (Fsp3) is 0.385. The molecule has 0 fully saturated rings. The van der Waals surface area contributed by atoms with Gasteiger partial charge in [0.25, 0.3) is 0 Å². The number of nitrogens with one attached hydrogen (secondary N) is 1. The van der Waals surface area contributed by atoms with E-state index in [9.17, 15) is 4.79 Å². The van der Waals surface area contributed by atoms with Gasteiger partial charge in [-0.2, -0.15) is 0 Å². The maximum Gasteiger partial charge on any atom is 0.352 e. The Bertz CT molecular complexity index is 564. The molecular weight excluding hydrogens is 280 g/mol. The molecule has 0 aliphatic heterocycles.